The topological polar surface area (TPSA) is 3.24 Å². The molecule has 0 spiro atoms. The van der Waals surface area contributed by atoms with Gasteiger partial charge in [0.1, 0.15) is 0 Å². The van der Waals surface area contributed by atoms with E-state index in [4.69, 9.17) is 0 Å². The van der Waals surface area contributed by atoms with Crippen molar-refractivity contribution >= 4 is 0 Å². The third-order valence-electron chi connectivity index (χ3n) is 4.30. The van der Waals surface area contributed by atoms with Gasteiger partial charge in [-0.3, -0.25) is 0 Å². The first kappa shape index (κ1) is 10.5. The molecule has 1 heteroatoms. The SMILES string of the molecule is CC(C)N1CC[C@H](C2CCCCC2)C1. The quantitative estimate of drug-likeness (QED) is 0.653. The highest BCUT2D eigenvalue weighted by atomic mass is 15.2. The van der Waals surface area contributed by atoms with E-state index in [0.29, 0.717) is 0 Å². The Morgan fingerprint density at radius 3 is 2.21 bits per heavy atom. The Morgan fingerprint density at radius 1 is 0.929 bits per heavy atom. The molecule has 82 valence electrons. The fourth-order valence-electron chi connectivity index (χ4n) is 3.27. The molecule has 2 fully saturated rings. The number of hydrogen-bond donors (Lipinski definition) is 0. The van der Waals surface area contributed by atoms with Crippen LogP contribution in [0.4, 0.5) is 0 Å². The Labute approximate surface area is 88.9 Å². The molecular weight excluding hydrogens is 170 g/mol. The van der Waals surface area contributed by atoms with Gasteiger partial charge in [-0.05, 0) is 38.6 Å². The van der Waals surface area contributed by atoms with Gasteiger partial charge < -0.3 is 4.90 Å². The molecule has 0 amide bonds. The number of hydrogen-bond acceptors (Lipinski definition) is 1. The van der Waals surface area contributed by atoms with Crippen molar-refractivity contribution in [2.24, 2.45) is 11.8 Å². The standard InChI is InChI=1S/C13H25N/c1-11(2)14-9-8-13(10-14)12-6-4-3-5-7-12/h11-13H,3-10H2,1-2H3/t13-/m0/s1. The molecular formula is C13H25N. The molecule has 1 atom stereocenters. The monoisotopic (exact) mass is 195 g/mol. The maximum atomic E-state index is 2.67. The van der Waals surface area contributed by atoms with Crippen LogP contribution in [0.5, 0.6) is 0 Å². The van der Waals surface area contributed by atoms with Gasteiger partial charge in [0.05, 0.1) is 0 Å². The van der Waals surface area contributed by atoms with Gasteiger partial charge in [-0.1, -0.05) is 32.1 Å². The molecule has 1 saturated carbocycles. The summed E-state index contributed by atoms with van der Waals surface area (Å²) in [5.74, 6) is 2.12. The van der Waals surface area contributed by atoms with Gasteiger partial charge in [-0.2, -0.15) is 0 Å². The lowest BCUT2D eigenvalue weighted by atomic mass is 9.80. The lowest BCUT2D eigenvalue weighted by Crippen LogP contribution is -2.29. The molecule has 1 aliphatic heterocycles. The highest BCUT2D eigenvalue weighted by Gasteiger charge is 2.30. The summed E-state index contributed by atoms with van der Waals surface area (Å²) >= 11 is 0. The van der Waals surface area contributed by atoms with E-state index in [0.717, 1.165) is 17.9 Å². The Hall–Kier alpha value is -0.0400. The van der Waals surface area contributed by atoms with E-state index in [9.17, 15) is 0 Å². The van der Waals surface area contributed by atoms with E-state index in [1.165, 1.54) is 51.6 Å². The number of likely N-dealkylation sites (tertiary alicyclic amines) is 1. The second-order valence-electron chi connectivity index (χ2n) is 5.54. The average Bonchev–Trinajstić information content (AvgIpc) is 2.68. The second kappa shape index (κ2) is 4.65. The van der Waals surface area contributed by atoms with Crippen LogP contribution in [0.1, 0.15) is 52.4 Å². The van der Waals surface area contributed by atoms with Gasteiger partial charge in [-0.25, -0.2) is 0 Å². The van der Waals surface area contributed by atoms with Crippen LogP contribution in [-0.2, 0) is 0 Å². The fourth-order valence-corrected chi connectivity index (χ4v) is 3.27. The molecule has 1 nitrogen and oxygen atoms in total. The van der Waals surface area contributed by atoms with E-state index in [1.54, 1.807) is 0 Å². The molecule has 1 aliphatic carbocycles. The van der Waals surface area contributed by atoms with Crippen LogP contribution in [0.2, 0.25) is 0 Å². The van der Waals surface area contributed by atoms with Crippen molar-refractivity contribution < 1.29 is 0 Å². The average molecular weight is 195 g/mol. The van der Waals surface area contributed by atoms with Crippen LogP contribution in [0.25, 0.3) is 0 Å². The molecule has 14 heavy (non-hydrogen) atoms. The maximum Gasteiger partial charge on any atom is 0.00387 e. The molecule has 2 rings (SSSR count). The Morgan fingerprint density at radius 2 is 1.64 bits per heavy atom. The lowest BCUT2D eigenvalue weighted by Gasteiger charge is -2.28. The van der Waals surface area contributed by atoms with Gasteiger partial charge in [0.15, 0.2) is 0 Å². The highest BCUT2D eigenvalue weighted by molar-refractivity contribution is 4.83. The largest absolute Gasteiger partial charge is 0.301 e. The first-order valence-electron chi connectivity index (χ1n) is 6.51. The highest BCUT2D eigenvalue weighted by Crippen LogP contribution is 2.35. The van der Waals surface area contributed by atoms with Crippen LogP contribution in [0.3, 0.4) is 0 Å². The fraction of sp³-hybridized carbons (Fsp3) is 1.00. The minimum atomic E-state index is 0.767. The van der Waals surface area contributed by atoms with Crippen molar-refractivity contribution in [3.63, 3.8) is 0 Å². The molecule has 0 bridgehead atoms. The molecule has 2 aliphatic rings. The van der Waals surface area contributed by atoms with E-state index in [1.807, 2.05) is 0 Å². The summed E-state index contributed by atoms with van der Waals surface area (Å²) in [6.07, 6.45) is 9.03. The molecule has 0 aromatic rings. The third-order valence-corrected chi connectivity index (χ3v) is 4.30. The Bertz CT molecular complexity index is 170. The van der Waals surface area contributed by atoms with Crippen LogP contribution >= 0.6 is 0 Å². The van der Waals surface area contributed by atoms with Crippen molar-refractivity contribution in [3.8, 4) is 0 Å². The predicted octanol–water partition coefficient (Wildman–Crippen LogP) is 3.30. The van der Waals surface area contributed by atoms with Crippen molar-refractivity contribution in [2.45, 2.75) is 58.4 Å². The van der Waals surface area contributed by atoms with Crippen LogP contribution in [-0.4, -0.2) is 24.0 Å². The summed E-state index contributed by atoms with van der Waals surface area (Å²) in [4.78, 5) is 2.67. The first-order valence-corrected chi connectivity index (χ1v) is 6.51. The van der Waals surface area contributed by atoms with E-state index < -0.39 is 0 Å². The summed E-state index contributed by atoms with van der Waals surface area (Å²) in [6, 6.07) is 0.767. The normalized spacial score (nSPS) is 31.5. The van der Waals surface area contributed by atoms with Crippen molar-refractivity contribution in [2.75, 3.05) is 13.1 Å². The Kier molecular flexibility index (Phi) is 3.48. The van der Waals surface area contributed by atoms with Crippen molar-refractivity contribution in [1.29, 1.82) is 0 Å². The first-order chi connectivity index (χ1) is 6.77. The van der Waals surface area contributed by atoms with E-state index >= 15 is 0 Å². The molecule has 0 aromatic carbocycles. The zero-order chi connectivity index (χ0) is 9.97. The Balaban J connectivity index is 1.82. The predicted molar refractivity (Wildman–Crippen MR) is 61.4 cm³/mol. The zero-order valence-corrected chi connectivity index (χ0v) is 9.84. The van der Waals surface area contributed by atoms with Gasteiger partial charge in [0.2, 0.25) is 0 Å². The smallest absolute Gasteiger partial charge is 0.00387 e. The minimum Gasteiger partial charge on any atom is -0.301 e. The lowest BCUT2D eigenvalue weighted by molar-refractivity contribution is 0.217. The van der Waals surface area contributed by atoms with Crippen LogP contribution < -0.4 is 0 Å². The van der Waals surface area contributed by atoms with Gasteiger partial charge in [0, 0.05) is 12.6 Å². The van der Waals surface area contributed by atoms with Crippen molar-refractivity contribution in [3.05, 3.63) is 0 Å². The van der Waals surface area contributed by atoms with Gasteiger partial charge >= 0.3 is 0 Å². The summed E-state index contributed by atoms with van der Waals surface area (Å²) in [5, 5.41) is 0. The van der Waals surface area contributed by atoms with Gasteiger partial charge in [-0.15, -0.1) is 0 Å². The molecule has 1 saturated heterocycles. The molecule has 0 N–H and O–H groups in total. The minimum absolute atomic E-state index is 0.767. The summed E-state index contributed by atoms with van der Waals surface area (Å²) in [7, 11) is 0. The summed E-state index contributed by atoms with van der Waals surface area (Å²) in [5.41, 5.74) is 0. The van der Waals surface area contributed by atoms with Crippen molar-refractivity contribution in [1.82, 2.24) is 4.90 Å². The number of rotatable bonds is 2. The maximum absolute atomic E-state index is 2.67. The second-order valence-corrected chi connectivity index (χ2v) is 5.54. The number of nitrogens with zero attached hydrogens (tertiary/aromatic N) is 1. The zero-order valence-electron chi connectivity index (χ0n) is 9.84. The molecule has 0 radical (unpaired) electrons. The molecule has 0 unspecified atom stereocenters. The van der Waals surface area contributed by atoms with E-state index in [2.05, 4.69) is 18.7 Å². The van der Waals surface area contributed by atoms with E-state index in [-0.39, 0.29) is 0 Å². The summed E-state index contributed by atoms with van der Waals surface area (Å²) in [6.45, 7) is 7.42. The third kappa shape index (κ3) is 2.31. The molecule has 1 heterocycles. The van der Waals surface area contributed by atoms with Gasteiger partial charge in [0.25, 0.3) is 0 Å². The summed E-state index contributed by atoms with van der Waals surface area (Å²) < 4.78 is 0. The van der Waals surface area contributed by atoms with Crippen LogP contribution in [0.15, 0.2) is 0 Å². The van der Waals surface area contributed by atoms with Crippen LogP contribution in [0, 0.1) is 11.8 Å². The molecule has 0 aromatic heterocycles.